The molecule has 110 valence electrons. The molecule has 7 heteroatoms. The number of carboxylic acid groups (broad SMARTS) is 1. The van der Waals surface area contributed by atoms with Gasteiger partial charge in [-0.25, -0.2) is 4.79 Å². The van der Waals surface area contributed by atoms with Gasteiger partial charge in [0.15, 0.2) is 0 Å². The van der Waals surface area contributed by atoms with Gasteiger partial charge in [-0.1, -0.05) is 23.7 Å². The van der Waals surface area contributed by atoms with Crippen molar-refractivity contribution in [1.29, 1.82) is 0 Å². The molecule has 0 saturated heterocycles. The lowest BCUT2D eigenvalue weighted by Gasteiger charge is -2.02. The monoisotopic (exact) mass is 308 g/mol. The Hall–Kier alpha value is -2.34. The quantitative estimate of drug-likeness (QED) is 0.939. The number of carbonyl (C=O) groups is 2. The summed E-state index contributed by atoms with van der Waals surface area (Å²) in [5.41, 5.74) is 1.81. The maximum atomic E-state index is 11.7. The molecule has 0 unspecified atom stereocenters. The molecule has 1 aromatic heterocycles. The zero-order valence-electron chi connectivity index (χ0n) is 11.2. The topological polar surface area (TPSA) is 81.4 Å². The van der Waals surface area contributed by atoms with Crippen molar-refractivity contribution >= 4 is 23.7 Å². The SMILES string of the molecule is COC(=O)n1nc(-c2ccc(Cl)cc2)cc1CCC(=O)O. The van der Waals surface area contributed by atoms with E-state index in [1.165, 1.54) is 7.11 Å². The molecule has 0 aliphatic heterocycles. The molecule has 6 nitrogen and oxygen atoms in total. The van der Waals surface area contributed by atoms with Crippen LogP contribution in [0.15, 0.2) is 30.3 Å². The number of nitrogens with zero attached hydrogens (tertiary/aromatic N) is 2. The second-order valence-corrected chi connectivity index (χ2v) is 4.74. The molecule has 1 N–H and O–H groups in total. The second-order valence-electron chi connectivity index (χ2n) is 4.30. The van der Waals surface area contributed by atoms with Crippen molar-refractivity contribution in [3.63, 3.8) is 0 Å². The van der Waals surface area contributed by atoms with E-state index in [4.69, 9.17) is 16.7 Å². The average molecular weight is 309 g/mol. The van der Waals surface area contributed by atoms with Crippen molar-refractivity contribution in [2.24, 2.45) is 0 Å². The van der Waals surface area contributed by atoms with Crippen molar-refractivity contribution in [2.75, 3.05) is 7.11 Å². The van der Waals surface area contributed by atoms with Crippen LogP contribution in [0.5, 0.6) is 0 Å². The van der Waals surface area contributed by atoms with Crippen molar-refractivity contribution in [2.45, 2.75) is 12.8 Å². The Balaban J connectivity index is 2.37. The summed E-state index contributed by atoms with van der Waals surface area (Å²) < 4.78 is 5.72. The first kappa shape index (κ1) is 15.1. The Bertz CT molecular complexity index is 664. The molecule has 0 spiro atoms. The fourth-order valence-corrected chi connectivity index (χ4v) is 1.97. The highest BCUT2D eigenvalue weighted by Gasteiger charge is 2.16. The summed E-state index contributed by atoms with van der Waals surface area (Å²) in [6.07, 6.45) is -0.566. The number of aromatic nitrogens is 2. The van der Waals surface area contributed by atoms with Gasteiger partial charge in [0.1, 0.15) is 0 Å². The lowest BCUT2D eigenvalue weighted by Crippen LogP contribution is -2.16. The molecule has 0 radical (unpaired) electrons. The van der Waals surface area contributed by atoms with Crippen LogP contribution >= 0.6 is 11.6 Å². The number of carbonyl (C=O) groups excluding carboxylic acids is 1. The van der Waals surface area contributed by atoms with Gasteiger partial charge in [0.25, 0.3) is 0 Å². The van der Waals surface area contributed by atoms with E-state index in [-0.39, 0.29) is 12.8 Å². The third-order valence-electron chi connectivity index (χ3n) is 2.87. The number of benzene rings is 1. The maximum Gasteiger partial charge on any atom is 0.434 e. The first-order chi connectivity index (χ1) is 10.0. The molecule has 1 aromatic carbocycles. The molecule has 0 aliphatic carbocycles. The summed E-state index contributed by atoms with van der Waals surface area (Å²) in [6.45, 7) is 0. The van der Waals surface area contributed by atoms with E-state index in [0.29, 0.717) is 16.4 Å². The van der Waals surface area contributed by atoms with E-state index < -0.39 is 12.1 Å². The number of ether oxygens (including phenoxy) is 1. The number of hydrogen-bond acceptors (Lipinski definition) is 4. The Morgan fingerprint density at radius 1 is 1.33 bits per heavy atom. The van der Waals surface area contributed by atoms with E-state index in [0.717, 1.165) is 10.2 Å². The van der Waals surface area contributed by atoms with E-state index in [9.17, 15) is 9.59 Å². The van der Waals surface area contributed by atoms with Crippen LogP contribution in [0.3, 0.4) is 0 Å². The van der Waals surface area contributed by atoms with Crippen LogP contribution < -0.4 is 0 Å². The minimum Gasteiger partial charge on any atom is -0.481 e. The Kier molecular flexibility index (Phi) is 4.59. The lowest BCUT2D eigenvalue weighted by molar-refractivity contribution is -0.137. The highest BCUT2D eigenvalue weighted by Crippen LogP contribution is 2.22. The minimum absolute atomic E-state index is 0.0945. The minimum atomic E-state index is -0.944. The zero-order valence-corrected chi connectivity index (χ0v) is 12.0. The first-order valence-corrected chi connectivity index (χ1v) is 6.54. The fraction of sp³-hybridized carbons (Fsp3) is 0.214. The van der Waals surface area contributed by atoms with Gasteiger partial charge in [-0.05, 0) is 18.2 Å². The van der Waals surface area contributed by atoms with Gasteiger partial charge in [-0.15, -0.1) is 0 Å². The van der Waals surface area contributed by atoms with Crippen LogP contribution in [0.1, 0.15) is 12.1 Å². The van der Waals surface area contributed by atoms with Crippen molar-refractivity contribution < 1.29 is 19.4 Å². The molecule has 0 saturated carbocycles. The highest BCUT2D eigenvalue weighted by molar-refractivity contribution is 6.30. The van der Waals surface area contributed by atoms with Gasteiger partial charge in [0.05, 0.1) is 24.9 Å². The van der Waals surface area contributed by atoms with E-state index >= 15 is 0 Å². The predicted octanol–water partition coefficient (Wildman–Crippen LogP) is 2.84. The largest absolute Gasteiger partial charge is 0.481 e. The summed E-state index contributed by atoms with van der Waals surface area (Å²) in [4.78, 5) is 22.4. The van der Waals surface area contributed by atoms with Gasteiger partial charge < -0.3 is 9.84 Å². The number of methoxy groups -OCH3 is 1. The van der Waals surface area contributed by atoms with Crippen molar-refractivity contribution in [3.8, 4) is 11.3 Å². The second kappa shape index (κ2) is 6.41. The summed E-state index contributed by atoms with van der Waals surface area (Å²) in [7, 11) is 1.24. The predicted molar refractivity (Wildman–Crippen MR) is 76.4 cm³/mol. The van der Waals surface area contributed by atoms with Crippen LogP contribution in [0.2, 0.25) is 5.02 Å². The van der Waals surface area contributed by atoms with Gasteiger partial charge in [0.2, 0.25) is 0 Å². The maximum absolute atomic E-state index is 11.7. The average Bonchev–Trinajstić information content (AvgIpc) is 2.89. The molecule has 2 rings (SSSR count). The van der Waals surface area contributed by atoms with Gasteiger partial charge in [0, 0.05) is 17.0 Å². The molecule has 0 fully saturated rings. The summed E-state index contributed by atoms with van der Waals surface area (Å²) >= 11 is 5.83. The van der Waals surface area contributed by atoms with Crippen LogP contribution in [-0.2, 0) is 16.0 Å². The number of halogens is 1. The van der Waals surface area contributed by atoms with E-state index in [1.54, 1.807) is 30.3 Å². The molecular formula is C14H13ClN2O4. The first-order valence-electron chi connectivity index (χ1n) is 6.16. The zero-order chi connectivity index (χ0) is 15.4. The molecule has 0 bridgehead atoms. The van der Waals surface area contributed by atoms with Crippen LogP contribution in [0.25, 0.3) is 11.3 Å². The standard InChI is InChI=1S/C14H13ClN2O4/c1-21-14(20)17-11(6-7-13(18)19)8-12(16-17)9-2-4-10(15)5-3-9/h2-5,8H,6-7H2,1H3,(H,18,19). The van der Waals surface area contributed by atoms with Gasteiger partial charge in [-0.2, -0.15) is 9.78 Å². The fourth-order valence-electron chi connectivity index (χ4n) is 1.84. The Morgan fingerprint density at radius 2 is 2.00 bits per heavy atom. The molecule has 0 aliphatic rings. The molecule has 1 heterocycles. The molecule has 0 amide bonds. The third kappa shape index (κ3) is 3.61. The van der Waals surface area contributed by atoms with Gasteiger partial charge >= 0.3 is 12.1 Å². The summed E-state index contributed by atoms with van der Waals surface area (Å²) in [5.74, 6) is -0.944. The Morgan fingerprint density at radius 3 is 2.57 bits per heavy atom. The lowest BCUT2D eigenvalue weighted by atomic mass is 10.1. The van der Waals surface area contributed by atoms with Crippen molar-refractivity contribution in [3.05, 3.63) is 41.0 Å². The number of aryl methyl sites for hydroxylation is 1. The Labute approximate surface area is 125 Å². The number of hydrogen-bond donors (Lipinski definition) is 1. The summed E-state index contributed by atoms with van der Waals surface area (Å²) in [6, 6.07) is 8.64. The highest BCUT2D eigenvalue weighted by atomic mass is 35.5. The van der Waals surface area contributed by atoms with Crippen LogP contribution in [0, 0.1) is 0 Å². The van der Waals surface area contributed by atoms with Crippen LogP contribution in [-0.4, -0.2) is 34.1 Å². The smallest absolute Gasteiger partial charge is 0.434 e. The molecule has 0 atom stereocenters. The number of rotatable bonds is 4. The third-order valence-corrected chi connectivity index (χ3v) is 3.12. The van der Waals surface area contributed by atoms with Crippen LogP contribution in [0.4, 0.5) is 4.79 Å². The van der Waals surface area contributed by atoms with Crippen molar-refractivity contribution in [1.82, 2.24) is 9.78 Å². The summed E-state index contributed by atoms with van der Waals surface area (Å²) in [5, 5.41) is 13.5. The van der Waals surface area contributed by atoms with E-state index in [2.05, 4.69) is 9.84 Å². The normalized spacial score (nSPS) is 10.4. The number of aliphatic carboxylic acids is 1. The molecular weight excluding hydrogens is 296 g/mol. The molecule has 21 heavy (non-hydrogen) atoms. The van der Waals surface area contributed by atoms with Gasteiger partial charge in [-0.3, -0.25) is 4.79 Å². The number of carboxylic acids is 1. The van der Waals surface area contributed by atoms with E-state index in [1.807, 2.05) is 0 Å². The molecule has 2 aromatic rings.